The van der Waals surface area contributed by atoms with Crippen molar-refractivity contribution in [2.45, 2.75) is 72.0 Å². The summed E-state index contributed by atoms with van der Waals surface area (Å²) in [5.41, 5.74) is 0. The smallest absolute Gasteiger partial charge is 0.0827 e. The molecule has 2 atom stereocenters. The number of rotatable bonds is 8. The van der Waals surface area contributed by atoms with Crippen LogP contribution in [-0.4, -0.2) is 22.4 Å². The summed E-state index contributed by atoms with van der Waals surface area (Å²) in [6.45, 7) is 8.43. The standard InChI is InChI=1S/C13H28O2/c1-5-10(6-2)9-12(14)13(15)11(7-3)8-4/h10-15H,5-9H2,1-4H3. The van der Waals surface area contributed by atoms with Crippen LogP contribution in [0.1, 0.15) is 59.8 Å². The molecular weight excluding hydrogens is 188 g/mol. The van der Waals surface area contributed by atoms with Gasteiger partial charge < -0.3 is 10.2 Å². The van der Waals surface area contributed by atoms with Crippen LogP contribution >= 0.6 is 0 Å². The highest BCUT2D eigenvalue weighted by molar-refractivity contribution is 4.76. The van der Waals surface area contributed by atoms with Gasteiger partial charge in [-0.2, -0.15) is 0 Å². The van der Waals surface area contributed by atoms with Crippen LogP contribution in [0.15, 0.2) is 0 Å². The number of aliphatic hydroxyl groups is 2. The Balaban J connectivity index is 4.11. The third-order valence-electron chi connectivity index (χ3n) is 3.66. The van der Waals surface area contributed by atoms with Crippen LogP contribution in [-0.2, 0) is 0 Å². The maximum Gasteiger partial charge on any atom is 0.0827 e. The lowest BCUT2D eigenvalue weighted by Crippen LogP contribution is -2.34. The van der Waals surface area contributed by atoms with Crippen LogP contribution < -0.4 is 0 Å². The van der Waals surface area contributed by atoms with Crippen molar-refractivity contribution in [3.63, 3.8) is 0 Å². The summed E-state index contributed by atoms with van der Waals surface area (Å²) in [6, 6.07) is 0. The van der Waals surface area contributed by atoms with E-state index in [4.69, 9.17) is 0 Å². The van der Waals surface area contributed by atoms with E-state index >= 15 is 0 Å². The Hall–Kier alpha value is -0.0800. The molecule has 0 fully saturated rings. The summed E-state index contributed by atoms with van der Waals surface area (Å²) in [5, 5.41) is 19.9. The van der Waals surface area contributed by atoms with Crippen molar-refractivity contribution in [3.8, 4) is 0 Å². The third-order valence-corrected chi connectivity index (χ3v) is 3.66. The van der Waals surface area contributed by atoms with Gasteiger partial charge in [-0.1, -0.05) is 53.4 Å². The van der Waals surface area contributed by atoms with Crippen LogP contribution in [0.5, 0.6) is 0 Å². The van der Waals surface area contributed by atoms with Crippen LogP contribution in [0.3, 0.4) is 0 Å². The fourth-order valence-electron chi connectivity index (χ4n) is 2.19. The van der Waals surface area contributed by atoms with Crippen molar-refractivity contribution in [2.75, 3.05) is 0 Å². The molecule has 2 nitrogen and oxygen atoms in total. The van der Waals surface area contributed by atoms with Gasteiger partial charge in [0.05, 0.1) is 12.2 Å². The molecule has 0 aliphatic rings. The molecule has 0 aromatic carbocycles. The van der Waals surface area contributed by atoms with Gasteiger partial charge >= 0.3 is 0 Å². The van der Waals surface area contributed by atoms with E-state index in [-0.39, 0.29) is 5.92 Å². The first-order valence-corrected chi connectivity index (χ1v) is 6.46. The molecule has 0 aliphatic carbocycles. The molecule has 0 rings (SSSR count). The summed E-state index contributed by atoms with van der Waals surface area (Å²) >= 11 is 0. The van der Waals surface area contributed by atoms with Gasteiger partial charge in [-0.3, -0.25) is 0 Å². The fraction of sp³-hybridized carbons (Fsp3) is 1.00. The van der Waals surface area contributed by atoms with Crippen LogP contribution in [0.2, 0.25) is 0 Å². The first kappa shape index (κ1) is 14.9. The van der Waals surface area contributed by atoms with Gasteiger partial charge in [0.2, 0.25) is 0 Å². The van der Waals surface area contributed by atoms with Crippen molar-refractivity contribution in [2.24, 2.45) is 11.8 Å². The maximum absolute atomic E-state index is 9.97. The zero-order valence-corrected chi connectivity index (χ0v) is 10.7. The molecule has 2 heteroatoms. The SMILES string of the molecule is CCC(CC)CC(O)C(O)C(CC)CC. The summed E-state index contributed by atoms with van der Waals surface area (Å²) in [7, 11) is 0. The van der Waals surface area contributed by atoms with Crippen molar-refractivity contribution in [1.82, 2.24) is 0 Å². The molecule has 0 saturated heterocycles. The second-order valence-electron chi connectivity index (χ2n) is 4.55. The predicted octanol–water partition coefficient (Wildman–Crippen LogP) is 2.97. The quantitative estimate of drug-likeness (QED) is 0.655. The van der Waals surface area contributed by atoms with E-state index in [1.807, 2.05) is 0 Å². The van der Waals surface area contributed by atoms with Crippen LogP contribution in [0, 0.1) is 11.8 Å². The molecule has 0 spiro atoms. The number of aliphatic hydroxyl groups excluding tert-OH is 2. The van der Waals surface area contributed by atoms with E-state index in [1.165, 1.54) is 0 Å². The molecule has 0 radical (unpaired) electrons. The van der Waals surface area contributed by atoms with Crippen molar-refractivity contribution >= 4 is 0 Å². The highest BCUT2D eigenvalue weighted by Crippen LogP contribution is 2.22. The Bertz CT molecular complexity index is 139. The molecule has 0 aliphatic heterocycles. The summed E-state index contributed by atoms with van der Waals surface area (Å²) in [5.74, 6) is 0.790. The van der Waals surface area contributed by atoms with Gasteiger partial charge in [-0.15, -0.1) is 0 Å². The van der Waals surface area contributed by atoms with Gasteiger partial charge in [-0.05, 0) is 18.3 Å². The largest absolute Gasteiger partial charge is 0.390 e. The molecule has 0 aromatic heterocycles. The van der Waals surface area contributed by atoms with E-state index in [0.29, 0.717) is 5.92 Å². The third kappa shape index (κ3) is 4.98. The molecule has 15 heavy (non-hydrogen) atoms. The fourth-order valence-corrected chi connectivity index (χ4v) is 2.19. The lowest BCUT2D eigenvalue weighted by molar-refractivity contribution is -0.0311. The Morgan fingerprint density at radius 3 is 1.60 bits per heavy atom. The van der Waals surface area contributed by atoms with Crippen molar-refractivity contribution in [3.05, 3.63) is 0 Å². The number of hydrogen-bond acceptors (Lipinski definition) is 2. The van der Waals surface area contributed by atoms with E-state index in [9.17, 15) is 10.2 Å². The minimum atomic E-state index is -0.542. The van der Waals surface area contributed by atoms with Crippen LogP contribution in [0.25, 0.3) is 0 Å². The topological polar surface area (TPSA) is 40.5 Å². The number of hydrogen-bond donors (Lipinski definition) is 2. The maximum atomic E-state index is 9.97. The average molecular weight is 216 g/mol. The van der Waals surface area contributed by atoms with Crippen LogP contribution in [0.4, 0.5) is 0 Å². The zero-order valence-electron chi connectivity index (χ0n) is 10.7. The van der Waals surface area contributed by atoms with Gasteiger partial charge in [0, 0.05) is 0 Å². The summed E-state index contributed by atoms with van der Waals surface area (Å²) in [4.78, 5) is 0. The normalized spacial score (nSPS) is 16.0. The molecule has 92 valence electrons. The highest BCUT2D eigenvalue weighted by Gasteiger charge is 2.25. The molecule has 2 N–H and O–H groups in total. The van der Waals surface area contributed by atoms with Gasteiger partial charge in [0.1, 0.15) is 0 Å². The van der Waals surface area contributed by atoms with E-state index in [2.05, 4.69) is 27.7 Å². The second kappa shape index (κ2) is 8.12. The average Bonchev–Trinajstić information content (AvgIpc) is 2.26. The Morgan fingerprint density at radius 2 is 1.27 bits per heavy atom. The first-order valence-electron chi connectivity index (χ1n) is 6.46. The molecular formula is C13H28O2. The monoisotopic (exact) mass is 216 g/mol. The van der Waals surface area contributed by atoms with Crippen molar-refractivity contribution < 1.29 is 10.2 Å². The Labute approximate surface area is 94.7 Å². The molecule has 0 saturated carbocycles. The minimum Gasteiger partial charge on any atom is -0.390 e. The molecule has 0 aromatic rings. The lowest BCUT2D eigenvalue weighted by Gasteiger charge is -2.27. The van der Waals surface area contributed by atoms with Crippen molar-refractivity contribution in [1.29, 1.82) is 0 Å². The molecule has 0 amide bonds. The highest BCUT2D eigenvalue weighted by atomic mass is 16.3. The predicted molar refractivity (Wildman–Crippen MR) is 64.8 cm³/mol. The molecule has 0 bridgehead atoms. The second-order valence-corrected chi connectivity index (χ2v) is 4.55. The lowest BCUT2D eigenvalue weighted by atomic mass is 9.87. The van der Waals surface area contributed by atoms with Gasteiger partial charge in [0.15, 0.2) is 0 Å². The van der Waals surface area contributed by atoms with Gasteiger partial charge in [-0.25, -0.2) is 0 Å². The summed E-state index contributed by atoms with van der Waals surface area (Å²) < 4.78 is 0. The minimum absolute atomic E-state index is 0.245. The molecule has 2 unspecified atom stereocenters. The Kier molecular flexibility index (Phi) is 8.07. The molecule has 0 heterocycles. The van der Waals surface area contributed by atoms with E-state index < -0.39 is 12.2 Å². The first-order chi connectivity index (χ1) is 7.10. The van der Waals surface area contributed by atoms with Gasteiger partial charge in [0.25, 0.3) is 0 Å². The van der Waals surface area contributed by atoms with E-state index in [0.717, 1.165) is 32.1 Å². The zero-order chi connectivity index (χ0) is 11.8. The summed E-state index contributed by atoms with van der Waals surface area (Å²) in [6.07, 6.45) is 3.71. The Morgan fingerprint density at radius 1 is 0.800 bits per heavy atom. The van der Waals surface area contributed by atoms with E-state index in [1.54, 1.807) is 0 Å².